The zero-order valence-electron chi connectivity index (χ0n) is 11.8. The molecule has 0 aromatic heterocycles. The Kier molecular flexibility index (Phi) is 5.35. The Morgan fingerprint density at radius 2 is 1.83 bits per heavy atom. The molecule has 0 heterocycles. The van der Waals surface area contributed by atoms with E-state index in [1.54, 1.807) is 0 Å². The molecular weight excluding hydrogens is 224 g/mol. The van der Waals surface area contributed by atoms with E-state index in [0.717, 1.165) is 5.56 Å². The smallest absolute Gasteiger partial charge is 0.240 e. The van der Waals surface area contributed by atoms with Crippen LogP contribution >= 0.6 is 0 Å². The molecule has 0 aliphatic carbocycles. The lowest BCUT2D eigenvalue weighted by molar-refractivity contribution is -0.134. The van der Waals surface area contributed by atoms with Gasteiger partial charge in [-0.1, -0.05) is 43.7 Å². The molecule has 0 radical (unpaired) electrons. The lowest BCUT2D eigenvalue weighted by Crippen LogP contribution is -2.46. The average molecular weight is 248 g/mol. The summed E-state index contributed by atoms with van der Waals surface area (Å²) in [7, 11) is 0. The van der Waals surface area contributed by atoms with Gasteiger partial charge < -0.3 is 10.6 Å². The van der Waals surface area contributed by atoms with Gasteiger partial charge in [0.1, 0.15) is 0 Å². The molecule has 0 bridgehead atoms. The molecule has 3 heteroatoms. The summed E-state index contributed by atoms with van der Waals surface area (Å²) >= 11 is 0. The number of benzene rings is 1. The molecule has 2 N–H and O–H groups in total. The van der Waals surface area contributed by atoms with Crippen molar-refractivity contribution in [2.75, 3.05) is 6.54 Å². The number of nitrogens with zero attached hydrogens (tertiary/aromatic N) is 1. The van der Waals surface area contributed by atoms with Gasteiger partial charge in [-0.25, -0.2) is 0 Å². The Bertz CT molecular complexity index is 384. The maximum Gasteiger partial charge on any atom is 0.240 e. The van der Waals surface area contributed by atoms with E-state index >= 15 is 0 Å². The lowest BCUT2D eigenvalue weighted by atomic mass is 10.0. The predicted molar refractivity (Wildman–Crippen MR) is 75.1 cm³/mol. The quantitative estimate of drug-likeness (QED) is 0.869. The molecule has 0 spiro atoms. The van der Waals surface area contributed by atoms with Gasteiger partial charge in [-0.15, -0.1) is 0 Å². The minimum Gasteiger partial charge on any atom is -0.337 e. The Morgan fingerprint density at radius 3 is 2.28 bits per heavy atom. The third-order valence-corrected chi connectivity index (χ3v) is 3.19. The Balaban J connectivity index is 2.72. The van der Waals surface area contributed by atoms with Crippen LogP contribution in [0.25, 0.3) is 0 Å². The van der Waals surface area contributed by atoms with Crippen LogP contribution in [0.15, 0.2) is 24.3 Å². The molecule has 0 saturated carbocycles. The zero-order valence-corrected chi connectivity index (χ0v) is 11.8. The van der Waals surface area contributed by atoms with Crippen molar-refractivity contribution in [1.29, 1.82) is 0 Å². The minimum absolute atomic E-state index is 0.0353. The van der Waals surface area contributed by atoms with E-state index in [2.05, 4.69) is 31.2 Å². The molecule has 1 atom stereocenters. The van der Waals surface area contributed by atoms with Crippen LogP contribution in [0.1, 0.15) is 31.9 Å². The highest BCUT2D eigenvalue weighted by Gasteiger charge is 2.22. The molecule has 1 amide bonds. The fourth-order valence-electron chi connectivity index (χ4n) is 1.76. The number of likely N-dealkylation sites (N-methyl/N-ethyl adjacent to an activating group) is 1. The number of nitrogens with two attached hydrogens (primary N) is 1. The first-order chi connectivity index (χ1) is 8.45. The van der Waals surface area contributed by atoms with Crippen molar-refractivity contribution in [3.05, 3.63) is 35.4 Å². The van der Waals surface area contributed by atoms with Crippen LogP contribution < -0.4 is 5.73 Å². The summed E-state index contributed by atoms with van der Waals surface area (Å²) in [6.45, 7) is 9.31. The summed E-state index contributed by atoms with van der Waals surface area (Å²) in [5.41, 5.74) is 8.30. The number of carbonyl (C=O) groups is 1. The largest absolute Gasteiger partial charge is 0.337 e. The highest BCUT2D eigenvalue weighted by molar-refractivity contribution is 5.81. The van der Waals surface area contributed by atoms with Gasteiger partial charge in [-0.3, -0.25) is 4.79 Å². The van der Waals surface area contributed by atoms with E-state index in [0.29, 0.717) is 13.1 Å². The summed E-state index contributed by atoms with van der Waals surface area (Å²) < 4.78 is 0. The molecule has 0 fully saturated rings. The van der Waals surface area contributed by atoms with E-state index in [-0.39, 0.29) is 11.8 Å². The fraction of sp³-hybridized carbons (Fsp3) is 0.533. The SMILES string of the molecule is CCN(Cc1ccc(C)cc1)C(=O)[C@@H](N)C(C)C. The monoisotopic (exact) mass is 248 g/mol. The van der Waals surface area contributed by atoms with Crippen LogP contribution in [0.4, 0.5) is 0 Å². The predicted octanol–water partition coefficient (Wildman–Crippen LogP) is 2.33. The molecule has 0 unspecified atom stereocenters. The molecule has 100 valence electrons. The summed E-state index contributed by atoms with van der Waals surface area (Å²) in [4.78, 5) is 14.0. The number of hydrogen-bond donors (Lipinski definition) is 1. The van der Waals surface area contributed by atoms with Gasteiger partial charge in [-0.2, -0.15) is 0 Å². The van der Waals surface area contributed by atoms with E-state index < -0.39 is 6.04 Å². The van der Waals surface area contributed by atoms with Crippen molar-refractivity contribution in [2.45, 2.75) is 40.3 Å². The summed E-state index contributed by atoms with van der Waals surface area (Å²) in [5, 5.41) is 0. The zero-order chi connectivity index (χ0) is 13.7. The first-order valence-corrected chi connectivity index (χ1v) is 6.55. The second kappa shape index (κ2) is 6.55. The second-order valence-electron chi connectivity index (χ2n) is 5.11. The van der Waals surface area contributed by atoms with Gasteiger partial charge in [0.25, 0.3) is 0 Å². The first kappa shape index (κ1) is 14.7. The summed E-state index contributed by atoms with van der Waals surface area (Å²) in [5.74, 6) is 0.206. The first-order valence-electron chi connectivity index (χ1n) is 6.55. The van der Waals surface area contributed by atoms with Gasteiger partial charge in [0.15, 0.2) is 0 Å². The molecular formula is C15H24N2O. The topological polar surface area (TPSA) is 46.3 Å². The number of carbonyl (C=O) groups excluding carboxylic acids is 1. The molecule has 0 aliphatic rings. The lowest BCUT2D eigenvalue weighted by Gasteiger charge is -2.26. The second-order valence-corrected chi connectivity index (χ2v) is 5.11. The average Bonchev–Trinajstić information content (AvgIpc) is 2.36. The number of aryl methyl sites for hydroxylation is 1. The van der Waals surface area contributed by atoms with Crippen LogP contribution in [0.2, 0.25) is 0 Å². The van der Waals surface area contributed by atoms with Crippen molar-refractivity contribution in [1.82, 2.24) is 4.90 Å². The van der Waals surface area contributed by atoms with Crippen LogP contribution in [0, 0.1) is 12.8 Å². The highest BCUT2D eigenvalue weighted by atomic mass is 16.2. The normalized spacial score (nSPS) is 12.6. The molecule has 3 nitrogen and oxygen atoms in total. The maximum atomic E-state index is 12.2. The minimum atomic E-state index is -0.407. The Labute approximate surface area is 110 Å². The van der Waals surface area contributed by atoms with E-state index in [1.807, 2.05) is 25.7 Å². The number of rotatable bonds is 5. The number of hydrogen-bond acceptors (Lipinski definition) is 2. The molecule has 1 aromatic rings. The van der Waals surface area contributed by atoms with Crippen LogP contribution in [0.5, 0.6) is 0 Å². The van der Waals surface area contributed by atoms with Crippen LogP contribution in [-0.2, 0) is 11.3 Å². The van der Waals surface area contributed by atoms with E-state index in [1.165, 1.54) is 5.56 Å². The highest BCUT2D eigenvalue weighted by Crippen LogP contribution is 2.10. The van der Waals surface area contributed by atoms with Gasteiger partial charge in [-0.05, 0) is 25.3 Å². The van der Waals surface area contributed by atoms with E-state index in [4.69, 9.17) is 5.73 Å². The Hall–Kier alpha value is -1.35. The van der Waals surface area contributed by atoms with Gasteiger partial charge >= 0.3 is 0 Å². The summed E-state index contributed by atoms with van der Waals surface area (Å²) in [6, 6.07) is 7.85. The van der Waals surface area contributed by atoms with Crippen molar-refractivity contribution >= 4 is 5.91 Å². The van der Waals surface area contributed by atoms with Gasteiger partial charge in [0, 0.05) is 13.1 Å². The molecule has 18 heavy (non-hydrogen) atoms. The third kappa shape index (κ3) is 3.84. The van der Waals surface area contributed by atoms with Gasteiger partial charge in [0.05, 0.1) is 6.04 Å². The van der Waals surface area contributed by atoms with Gasteiger partial charge in [0.2, 0.25) is 5.91 Å². The standard InChI is InChI=1S/C15H24N2O/c1-5-17(15(18)14(16)11(2)3)10-13-8-6-12(4)7-9-13/h6-9,11,14H,5,10,16H2,1-4H3/t14-/m0/s1. The molecule has 0 aliphatic heterocycles. The van der Waals surface area contributed by atoms with Crippen molar-refractivity contribution in [3.63, 3.8) is 0 Å². The van der Waals surface area contributed by atoms with Crippen LogP contribution in [-0.4, -0.2) is 23.4 Å². The Morgan fingerprint density at radius 1 is 1.28 bits per heavy atom. The van der Waals surface area contributed by atoms with Crippen LogP contribution in [0.3, 0.4) is 0 Å². The third-order valence-electron chi connectivity index (χ3n) is 3.19. The maximum absolute atomic E-state index is 12.2. The fourth-order valence-corrected chi connectivity index (χ4v) is 1.76. The summed E-state index contributed by atoms with van der Waals surface area (Å²) in [6.07, 6.45) is 0. The number of amides is 1. The van der Waals surface area contributed by atoms with E-state index in [9.17, 15) is 4.79 Å². The molecule has 0 saturated heterocycles. The van der Waals surface area contributed by atoms with Crippen molar-refractivity contribution in [3.8, 4) is 0 Å². The van der Waals surface area contributed by atoms with Crippen molar-refractivity contribution in [2.24, 2.45) is 11.7 Å². The molecule has 1 rings (SSSR count). The van der Waals surface area contributed by atoms with Crippen molar-refractivity contribution < 1.29 is 4.79 Å². The molecule has 1 aromatic carbocycles.